The summed E-state index contributed by atoms with van der Waals surface area (Å²) < 4.78 is 27.6. The molecule has 0 aromatic carbocycles. The summed E-state index contributed by atoms with van der Waals surface area (Å²) in [5, 5.41) is 0.596. The fourth-order valence-corrected chi connectivity index (χ4v) is 2.84. The van der Waals surface area contributed by atoms with Crippen LogP contribution in [-0.4, -0.2) is 40.7 Å². The molecular formula is C2H9GeO4S. The van der Waals surface area contributed by atoms with Crippen molar-refractivity contribution in [2.45, 2.75) is 5.25 Å². The molecule has 0 bridgehead atoms. The molecule has 0 unspecified atom stereocenters. The van der Waals surface area contributed by atoms with Gasteiger partial charge in [-0.3, -0.25) is 0 Å². The number of hydrogen-bond acceptors (Lipinski definition) is 2. The molecule has 0 saturated carbocycles. The van der Waals surface area contributed by atoms with Gasteiger partial charge in [-0.05, 0) is 0 Å². The summed E-state index contributed by atoms with van der Waals surface area (Å²) >= 11 is 0.916. The van der Waals surface area contributed by atoms with Gasteiger partial charge in [0.2, 0.25) is 0 Å². The van der Waals surface area contributed by atoms with Gasteiger partial charge in [-0.25, -0.2) is 0 Å². The van der Waals surface area contributed by atoms with Crippen LogP contribution >= 0.6 is 0 Å². The van der Waals surface area contributed by atoms with Crippen LogP contribution in [0.25, 0.3) is 0 Å². The molecule has 0 heterocycles. The van der Waals surface area contributed by atoms with Gasteiger partial charge >= 0.3 is 50.6 Å². The third-order valence-corrected chi connectivity index (χ3v) is 3.02. The Kier molecular flexibility index (Phi) is 6.05. The predicted octanol–water partition coefficient (Wildman–Crippen LogP) is -1.90. The summed E-state index contributed by atoms with van der Waals surface area (Å²) in [6.07, 6.45) is 0. The molecule has 0 fully saturated rings. The molecule has 1 radical (unpaired) electrons. The Morgan fingerprint density at radius 1 is 1.50 bits per heavy atom. The molecule has 0 aromatic heterocycles. The third-order valence-electron chi connectivity index (χ3n) is 0.402. The van der Waals surface area contributed by atoms with Gasteiger partial charge in [-0.1, -0.05) is 0 Å². The average Bonchev–Trinajstić information content (AvgIpc) is 1.30. The van der Waals surface area contributed by atoms with E-state index in [-0.39, 0.29) is 11.2 Å². The molecular weight excluding hydrogens is 193 g/mol. The minimum absolute atomic E-state index is 0. The third kappa shape index (κ3) is 9.65. The van der Waals surface area contributed by atoms with Crippen LogP contribution in [0.15, 0.2) is 0 Å². The topological polar surface area (TPSA) is 85.9 Å². The number of rotatable bonds is 2. The zero-order valence-corrected chi connectivity index (χ0v) is 8.08. The van der Waals surface area contributed by atoms with Crippen molar-refractivity contribution >= 4 is 26.6 Å². The second-order valence-corrected chi connectivity index (χ2v) is 4.20. The van der Waals surface area contributed by atoms with E-state index in [1.807, 2.05) is 0 Å². The molecule has 3 N–H and O–H groups in total. The molecule has 51 valence electrons. The second kappa shape index (κ2) is 4.31. The van der Waals surface area contributed by atoms with E-state index in [1.165, 1.54) is 0 Å². The van der Waals surface area contributed by atoms with Crippen LogP contribution < -0.4 is 0 Å². The van der Waals surface area contributed by atoms with Crippen molar-refractivity contribution in [3.63, 3.8) is 0 Å². The van der Waals surface area contributed by atoms with E-state index in [0.29, 0.717) is 5.25 Å². The molecule has 0 aliphatic rings. The Morgan fingerprint density at radius 3 is 1.88 bits per heavy atom. The zero-order valence-electron chi connectivity index (χ0n) is 4.29. The van der Waals surface area contributed by atoms with E-state index in [0.717, 1.165) is 16.5 Å². The quantitative estimate of drug-likeness (QED) is 0.419. The van der Waals surface area contributed by atoms with Crippen LogP contribution in [0.3, 0.4) is 0 Å². The Bertz CT molecular complexity index is 127. The van der Waals surface area contributed by atoms with Gasteiger partial charge in [0.1, 0.15) is 0 Å². The molecule has 0 rings (SSSR count). The zero-order chi connectivity index (χ0) is 5.91. The molecule has 0 amide bonds. The molecule has 0 spiro atoms. The van der Waals surface area contributed by atoms with Crippen molar-refractivity contribution in [3.05, 3.63) is 0 Å². The first-order valence-electron chi connectivity index (χ1n) is 1.80. The van der Waals surface area contributed by atoms with E-state index in [4.69, 9.17) is 4.55 Å². The van der Waals surface area contributed by atoms with E-state index < -0.39 is 10.1 Å². The predicted molar refractivity (Wildman–Crippen MR) is 33.4 cm³/mol. The molecule has 4 nitrogen and oxygen atoms in total. The molecule has 0 aliphatic heterocycles. The van der Waals surface area contributed by atoms with Crippen LogP contribution in [0.1, 0.15) is 0 Å². The minimum atomic E-state index is -3.64. The van der Waals surface area contributed by atoms with Crippen molar-refractivity contribution in [1.29, 1.82) is 0 Å². The van der Waals surface area contributed by atoms with E-state index in [9.17, 15) is 8.42 Å². The maximum atomic E-state index is 9.81. The average molecular weight is 202 g/mol. The molecule has 0 aromatic rings. The maximum absolute atomic E-state index is 9.81. The van der Waals surface area contributed by atoms with Crippen LogP contribution in [0.4, 0.5) is 0 Å². The van der Waals surface area contributed by atoms with Gasteiger partial charge in [0.15, 0.2) is 0 Å². The number of hydrogen-bond donors (Lipinski definition) is 1. The first-order valence-corrected chi connectivity index (χ1v) is 5.51. The van der Waals surface area contributed by atoms with Gasteiger partial charge in [0, 0.05) is 0 Å². The van der Waals surface area contributed by atoms with Crippen molar-refractivity contribution in [3.8, 4) is 0 Å². The second-order valence-electron chi connectivity index (χ2n) is 1.14. The summed E-state index contributed by atoms with van der Waals surface area (Å²) in [4.78, 5) is 0. The fraction of sp³-hybridized carbons (Fsp3) is 1.00. The summed E-state index contributed by atoms with van der Waals surface area (Å²) in [6.45, 7) is 0. The van der Waals surface area contributed by atoms with Gasteiger partial charge in [0.05, 0.1) is 0 Å². The van der Waals surface area contributed by atoms with E-state index >= 15 is 0 Å². The van der Waals surface area contributed by atoms with E-state index in [2.05, 4.69) is 0 Å². The van der Waals surface area contributed by atoms with Crippen molar-refractivity contribution in [2.24, 2.45) is 0 Å². The van der Waals surface area contributed by atoms with E-state index in [1.54, 1.807) is 0 Å². The summed E-state index contributed by atoms with van der Waals surface area (Å²) in [7, 11) is -3.64. The standard InChI is InChI=1S/C2H7GeO3S.H2O/c3-1-2-7(4,5)6;/h1-3H2,(H,4,5,6);1H2. The molecule has 8 heavy (non-hydrogen) atoms. The van der Waals surface area contributed by atoms with Gasteiger partial charge < -0.3 is 5.48 Å². The van der Waals surface area contributed by atoms with Crippen LogP contribution in [0.5, 0.6) is 0 Å². The first-order chi connectivity index (χ1) is 3.06. The monoisotopic (exact) mass is 203 g/mol. The van der Waals surface area contributed by atoms with Crippen molar-refractivity contribution in [2.75, 3.05) is 5.75 Å². The van der Waals surface area contributed by atoms with Crippen LogP contribution in [-0.2, 0) is 10.1 Å². The van der Waals surface area contributed by atoms with Gasteiger partial charge in [-0.15, -0.1) is 0 Å². The fourth-order valence-electron chi connectivity index (χ4n) is 0.182. The first kappa shape index (κ1) is 11.2. The molecule has 6 heteroatoms. The Balaban J connectivity index is 0. The summed E-state index contributed by atoms with van der Waals surface area (Å²) in [5.74, 6) is -0.0764. The molecule has 0 aliphatic carbocycles. The SMILES string of the molecule is O.O=S(=O)(O)C[CH2][GeH2]. The summed E-state index contributed by atoms with van der Waals surface area (Å²) in [6, 6.07) is 0. The molecule has 0 atom stereocenters. The Morgan fingerprint density at radius 2 is 1.88 bits per heavy atom. The van der Waals surface area contributed by atoms with Gasteiger partial charge in [0.25, 0.3) is 0 Å². The van der Waals surface area contributed by atoms with Gasteiger partial charge in [-0.2, -0.15) is 0 Å². The molecule has 0 saturated heterocycles. The Labute approximate surface area is 56.6 Å². The summed E-state index contributed by atoms with van der Waals surface area (Å²) in [5.41, 5.74) is 0. The normalized spacial score (nSPS) is 10.2. The van der Waals surface area contributed by atoms with Crippen molar-refractivity contribution < 1.29 is 18.4 Å². The Hall–Kier alpha value is 0.413. The van der Waals surface area contributed by atoms with Crippen LogP contribution in [0, 0.1) is 0 Å². The van der Waals surface area contributed by atoms with Crippen molar-refractivity contribution in [1.82, 2.24) is 0 Å². The van der Waals surface area contributed by atoms with Crippen LogP contribution in [0.2, 0.25) is 5.25 Å².